The Labute approximate surface area is 179 Å². The van der Waals surface area contributed by atoms with Crippen molar-refractivity contribution in [1.29, 1.82) is 0 Å². The highest BCUT2D eigenvalue weighted by atomic mass is 16.6. The van der Waals surface area contributed by atoms with Crippen molar-refractivity contribution in [2.24, 2.45) is 5.41 Å². The molecule has 1 aromatic heterocycles. The average Bonchev–Trinajstić information content (AvgIpc) is 3.42. The molecule has 7 heteroatoms. The maximum Gasteiger partial charge on any atom is 0.409 e. The lowest BCUT2D eigenvalue weighted by Gasteiger charge is -2.51. The molecule has 162 valence electrons. The Balaban J connectivity index is 1.15. The minimum Gasteiger partial charge on any atom is -0.450 e. The van der Waals surface area contributed by atoms with E-state index in [0.29, 0.717) is 18.1 Å². The molecule has 0 N–H and O–H groups in total. The van der Waals surface area contributed by atoms with Gasteiger partial charge in [-0.05, 0) is 68.9 Å². The number of carbonyl (C=O) groups excluding carboxylic acids is 1. The predicted octanol–water partition coefficient (Wildman–Crippen LogP) is 3.44. The standard InChI is InChI=1S/C23H33N5O2/c1-2-30-22(29)27-14-8-23(17-27)15-19(16-23)26-12-6-18(7-13-26)20-5-3-11-28(20)21-24-9-4-10-25-21/h4,9-10,19H,2-3,5-8,11-17H2,1H3. The highest BCUT2D eigenvalue weighted by Crippen LogP contribution is 2.50. The van der Waals surface area contributed by atoms with Crippen LogP contribution in [0.4, 0.5) is 10.7 Å². The lowest BCUT2D eigenvalue weighted by molar-refractivity contribution is 0.00260. The molecule has 5 rings (SSSR count). The molecule has 4 fully saturated rings. The molecule has 3 saturated heterocycles. The van der Waals surface area contributed by atoms with Crippen LogP contribution >= 0.6 is 0 Å². The molecule has 30 heavy (non-hydrogen) atoms. The van der Waals surface area contributed by atoms with E-state index in [-0.39, 0.29) is 6.09 Å². The first-order valence-corrected chi connectivity index (χ1v) is 11.6. The fourth-order valence-electron chi connectivity index (χ4n) is 5.98. The second kappa shape index (κ2) is 8.17. The van der Waals surface area contributed by atoms with Crippen molar-refractivity contribution in [3.63, 3.8) is 0 Å². The van der Waals surface area contributed by atoms with E-state index in [1.165, 1.54) is 25.0 Å². The van der Waals surface area contributed by atoms with E-state index in [2.05, 4.69) is 19.8 Å². The summed E-state index contributed by atoms with van der Waals surface area (Å²) in [6.07, 6.45) is 11.8. The summed E-state index contributed by atoms with van der Waals surface area (Å²) >= 11 is 0. The molecule has 1 spiro atoms. The number of ether oxygens (including phenoxy) is 1. The maximum absolute atomic E-state index is 12.0. The van der Waals surface area contributed by atoms with Gasteiger partial charge >= 0.3 is 6.09 Å². The van der Waals surface area contributed by atoms with Gasteiger partial charge in [-0.1, -0.05) is 0 Å². The van der Waals surface area contributed by atoms with Crippen LogP contribution in [0.15, 0.2) is 29.7 Å². The summed E-state index contributed by atoms with van der Waals surface area (Å²) in [4.78, 5) is 27.9. The largest absolute Gasteiger partial charge is 0.450 e. The summed E-state index contributed by atoms with van der Waals surface area (Å²) in [6.45, 7) is 7.44. The van der Waals surface area contributed by atoms with Crippen molar-refractivity contribution >= 4 is 12.0 Å². The first kappa shape index (κ1) is 19.8. The molecule has 1 aromatic rings. The van der Waals surface area contributed by atoms with Crippen LogP contribution in [-0.4, -0.2) is 71.2 Å². The van der Waals surface area contributed by atoms with Crippen molar-refractivity contribution in [3.05, 3.63) is 29.7 Å². The van der Waals surface area contributed by atoms with Gasteiger partial charge in [0, 0.05) is 56.9 Å². The van der Waals surface area contributed by atoms with E-state index < -0.39 is 0 Å². The zero-order valence-corrected chi connectivity index (χ0v) is 18.1. The van der Waals surface area contributed by atoms with Gasteiger partial charge in [-0.2, -0.15) is 0 Å². The number of hydrogen-bond donors (Lipinski definition) is 0. The summed E-state index contributed by atoms with van der Waals surface area (Å²) in [5.74, 6) is 0.855. The number of nitrogens with zero attached hydrogens (tertiary/aromatic N) is 5. The molecule has 1 amide bonds. The number of rotatable bonds is 3. The van der Waals surface area contributed by atoms with Crippen LogP contribution in [0.2, 0.25) is 0 Å². The molecule has 0 radical (unpaired) electrons. The molecule has 1 saturated carbocycles. The SMILES string of the molecule is CCOC(=O)N1CCC2(CC(N3CCC(=C4CCCN4c4ncccn4)CC3)C2)C1. The third-order valence-electron chi connectivity index (χ3n) is 7.54. The number of allylic oxidation sites excluding steroid dienone is 1. The van der Waals surface area contributed by atoms with Gasteiger partial charge < -0.3 is 14.5 Å². The van der Waals surface area contributed by atoms with Crippen LogP contribution < -0.4 is 4.90 Å². The third kappa shape index (κ3) is 3.68. The molecule has 0 unspecified atom stereocenters. The molecular formula is C23H33N5O2. The third-order valence-corrected chi connectivity index (χ3v) is 7.54. The lowest BCUT2D eigenvalue weighted by Crippen LogP contribution is -2.53. The number of carbonyl (C=O) groups is 1. The summed E-state index contributed by atoms with van der Waals surface area (Å²) in [5, 5.41) is 0. The number of anilines is 1. The Morgan fingerprint density at radius 2 is 1.90 bits per heavy atom. The monoisotopic (exact) mass is 411 g/mol. The minimum atomic E-state index is -0.129. The van der Waals surface area contributed by atoms with Crippen LogP contribution in [0, 0.1) is 5.41 Å². The Hall–Kier alpha value is -2.15. The molecule has 4 heterocycles. The molecule has 7 nitrogen and oxygen atoms in total. The zero-order valence-electron chi connectivity index (χ0n) is 18.1. The van der Waals surface area contributed by atoms with E-state index in [1.54, 1.807) is 5.57 Å². The van der Waals surface area contributed by atoms with E-state index in [1.807, 2.05) is 30.3 Å². The molecule has 0 bridgehead atoms. The normalized spacial score (nSPS) is 29.6. The van der Waals surface area contributed by atoms with Gasteiger partial charge in [-0.3, -0.25) is 4.90 Å². The van der Waals surface area contributed by atoms with Gasteiger partial charge in [0.1, 0.15) is 0 Å². The summed E-state index contributed by atoms with van der Waals surface area (Å²) in [7, 11) is 0. The number of aromatic nitrogens is 2. The van der Waals surface area contributed by atoms with Gasteiger partial charge in [-0.15, -0.1) is 0 Å². The number of hydrogen-bond acceptors (Lipinski definition) is 6. The van der Waals surface area contributed by atoms with Gasteiger partial charge in [0.15, 0.2) is 0 Å². The number of piperidine rings is 1. The fraction of sp³-hybridized carbons (Fsp3) is 0.696. The smallest absolute Gasteiger partial charge is 0.409 e. The van der Waals surface area contributed by atoms with Gasteiger partial charge in [0.2, 0.25) is 5.95 Å². The topological polar surface area (TPSA) is 61.8 Å². The summed E-state index contributed by atoms with van der Waals surface area (Å²) in [5.41, 5.74) is 3.44. The summed E-state index contributed by atoms with van der Waals surface area (Å²) in [6, 6.07) is 2.57. The first-order valence-electron chi connectivity index (χ1n) is 11.6. The van der Waals surface area contributed by atoms with Crippen molar-refractivity contribution in [3.8, 4) is 0 Å². The van der Waals surface area contributed by atoms with Gasteiger partial charge in [-0.25, -0.2) is 14.8 Å². The Kier molecular flexibility index (Phi) is 5.39. The van der Waals surface area contributed by atoms with E-state index in [9.17, 15) is 4.79 Å². The second-order valence-electron chi connectivity index (χ2n) is 9.32. The van der Waals surface area contributed by atoms with Gasteiger partial charge in [0.05, 0.1) is 6.61 Å². The van der Waals surface area contributed by atoms with Crippen LogP contribution in [0.5, 0.6) is 0 Å². The maximum atomic E-state index is 12.0. The molecule has 0 atom stereocenters. The number of likely N-dealkylation sites (tertiary alicyclic amines) is 2. The van der Waals surface area contributed by atoms with Gasteiger partial charge in [0.25, 0.3) is 0 Å². The van der Waals surface area contributed by atoms with Crippen LogP contribution in [0.1, 0.15) is 51.9 Å². The average molecular weight is 412 g/mol. The molecule has 4 aliphatic rings. The highest BCUT2D eigenvalue weighted by Gasteiger charge is 2.51. The first-order chi connectivity index (χ1) is 14.7. The Bertz CT molecular complexity index is 795. The van der Waals surface area contributed by atoms with Crippen LogP contribution in [0.3, 0.4) is 0 Å². The van der Waals surface area contributed by atoms with E-state index in [0.717, 1.165) is 64.4 Å². The fourth-order valence-corrected chi connectivity index (χ4v) is 5.98. The number of amides is 1. The van der Waals surface area contributed by atoms with Crippen LogP contribution in [-0.2, 0) is 4.74 Å². The lowest BCUT2D eigenvalue weighted by atomic mass is 9.64. The second-order valence-corrected chi connectivity index (χ2v) is 9.32. The van der Waals surface area contributed by atoms with E-state index in [4.69, 9.17) is 4.74 Å². The molecule has 3 aliphatic heterocycles. The quantitative estimate of drug-likeness (QED) is 0.759. The van der Waals surface area contributed by atoms with Crippen molar-refractivity contribution < 1.29 is 9.53 Å². The Morgan fingerprint density at radius 3 is 2.63 bits per heavy atom. The van der Waals surface area contributed by atoms with Crippen molar-refractivity contribution in [1.82, 2.24) is 19.8 Å². The minimum absolute atomic E-state index is 0.129. The molecule has 0 aromatic carbocycles. The van der Waals surface area contributed by atoms with Crippen molar-refractivity contribution in [2.45, 2.75) is 57.9 Å². The van der Waals surface area contributed by atoms with E-state index >= 15 is 0 Å². The molecule has 1 aliphatic carbocycles. The van der Waals surface area contributed by atoms with Crippen molar-refractivity contribution in [2.75, 3.05) is 44.2 Å². The summed E-state index contributed by atoms with van der Waals surface area (Å²) < 4.78 is 5.19. The predicted molar refractivity (Wildman–Crippen MR) is 115 cm³/mol. The van der Waals surface area contributed by atoms with Crippen LogP contribution in [0.25, 0.3) is 0 Å². The Morgan fingerprint density at radius 1 is 1.13 bits per heavy atom. The highest BCUT2D eigenvalue weighted by molar-refractivity contribution is 5.68. The zero-order chi connectivity index (χ0) is 20.6. The molecular weight excluding hydrogens is 378 g/mol.